The van der Waals surface area contributed by atoms with E-state index in [1.54, 1.807) is 0 Å². The van der Waals surface area contributed by atoms with Gasteiger partial charge in [-0.2, -0.15) is 13.2 Å². The Labute approximate surface area is 133 Å². The Bertz CT molecular complexity index is 500. The Morgan fingerprint density at radius 3 is 2.43 bits per heavy atom. The standard InChI is InChI=1S/C16H21F3N2O2/c1-23-15(22)14(12-5-3-2-4-6-12)20-13-7-9-21(10-8-13)11-16(17,18)19/h2-6,13-14,20H,7-11H2,1H3. The van der Waals surface area contributed by atoms with Crippen molar-refractivity contribution in [1.82, 2.24) is 10.2 Å². The Balaban J connectivity index is 1.93. The number of rotatable bonds is 5. The van der Waals surface area contributed by atoms with Crippen molar-refractivity contribution in [3.63, 3.8) is 0 Å². The number of carbonyl (C=O) groups excluding carboxylic acids is 1. The number of nitrogens with one attached hydrogen (secondary N) is 1. The lowest BCUT2D eigenvalue weighted by atomic mass is 10.0. The van der Waals surface area contributed by atoms with Gasteiger partial charge in [-0.1, -0.05) is 30.3 Å². The number of carbonyl (C=O) groups is 1. The third-order valence-electron chi connectivity index (χ3n) is 3.96. The molecule has 0 spiro atoms. The Morgan fingerprint density at radius 2 is 1.91 bits per heavy atom. The van der Waals surface area contributed by atoms with Crippen molar-refractivity contribution in [3.8, 4) is 0 Å². The quantitative estimate of drug-likeness (QED) is 0.843. The first-order valence-corrected chi connectivity index (χ1v) is 7.57. The van der Waals surface area contributed by atoms with Gasteiger partial charge in [-0.25, -0.2) is 4.79 Å². The van der Waals surface area contributed by atoms with E-state index in [1.807, 2.05) is 30.3 Å². The maximum Gasteiger partial charge on any atom is 0.401 e. The van der Waals surface area contributed by atoms with E-state index in [0.717, 1.165) is 5.56 Å². The molecule has 0 aliphatic carbocycles. The molecule has 0 bridgehead atoms. The maximum atomic E-state index is 12.4. The highest BCUT2D eigenvalue weighted by Gasteiger charge is 2.33. The normalized spacial score (nSPS) is 18.6. The predicted molar refractivity (Wildman–Crippen MR) is 79.9 cm³/mol. The van der Waals surface area contributed by atoms with Crippen LogP contribution >= 0.6 is 0 Å². The van der Waals surface area contributed by atoms with E-state index in [-0.39, 0.29) is 6.04 Å². The van der Waals surface area contributed by atoms with Crippen molar-refractivity contribution in [1.29, 1.82) is 0 Å². The van der Waals surface area contributed by atoms with Gasteiger partial charge in [0.25, 0.3) is 0 Å². The van der Waals surface area contributed by atoms with Crippen LogP contribution in [0.3, 0.4) is 0 Å². The van der Waals surface area contributed by atoms with E-state index in [9.17, 15) is 18.0 Å². The number of alkyl halides is 3. The van der Waals surface area contributed by atoms with Gasteiger partial charge in [-0.15, -0.1) is 0 Å². The molecule has 1 heterocycles. The highest BCUT2D eigenvalue weighted by atomic mass is 19.4. The SMILES string of the molecule is COC(=O)C(NC1CCN(CC(F)(F)F)CC1)c1ccccc1. The number of hydrogen-bond acceptors (Lipinski definition) is 4. The lowest BCUT2D eigenvalue weighted by Crippen LogP contribution is -2.47. The van der Waals surface area contributed by atoms with Crippen molar-refractivity contribution in [2.45, 2.75) is 31.1 Å². The van der Waals surface area contributed by atoms with Gasteiger partial charge in [-0.3, -0.25) is 10.2 Å². The zero-order chi connectivity index (χ0) is 16.9. The smallest absolute Gasteiger partial charge is 0.401 e. The molecule has 1 N–H and O–H groups in total. The van der Waals surface area contributed by atoms with Gasteiger partial charge in [0.15, 0.2) is 0 Å². The van der Waals surface area contributed by atoms with Crippen molar-refractivity contribution >= 4 is 5.97 Å². The van der Waals surface area contributed by atoms with Crippen LogP contribution < -0.4 is 5.32 Å². The zero-order valence-corrected chi connectivity index (χ0v) is 13.0. The molecule has 1 atom stereocenters. The summed E-state index contributed by atoms with van der Waals surface area (Å²) in [4.78, 5) is 13.4. The van der Waals surface area contributed by atoms with E-state index < -0.39 is 24.7 Å². The molecule has 0 saturated carbocycles. The number of hydrogen-bond donors (Lipinski definition) is 1. The maximum absolute atomic E-state index is 12.4. The average Bonchev–Trinajstić information content (AvgIpc) is 2.53. The van der Waals surface area contributed by atoms with Crippen LogP contribution in [-0.2, 0) is 9.53 Å². The third-order valence-corrected chi connectivity index (χ3v) is 3.96. The molecule has 1 unspecified atom stereocenters. The highest BCUT2D eigenvalue weighted by Crippen LogP contribution is 2.22. The Hall–Kier alpha value is -1.60. The number of ether oxygens (including phenoxy) is 1. The number of piperidine rings is 1. The highest BCUT2D eigenvalue weighted by molar-refractivity contribution is 5.77. The molecule has 1 aromatic rings. The minimum Gasteiger partial charge on any atom is -0.468 e. The van der Waals surface area contributed by atoms with Crippen molar-refractivity contribution in [3.05, 3.63) is 35.9 Å². The summed E-state index contributed by atoms with van der Waals surface area (Å²) in [5, 5.41) is 3.22. The van der Waals surface area contributed by atoms with E-state index in [2.05, 4.69) is 5.32 Å². The molecule has 0 radical (unpaired) electrons. The van der Waals surface area contributed by atoms with Crippen LogP contribution in [0.25, 0.3) is 0 Å². The lowest BCUT2D eigenvalue weighted by Gasteiger charge is -2.34. The van der Waals surface area contributed by atoms with Crippen LogP contribution in [0.4, 0.5) is 13.2 Å². The van der Waals surface area contributed by atoms with Crippen LogP contribution in [0.15, 0.2) is 30.3 Å². The second-order valence-corrected chi connectivity index (χ2v) is 5.70. The summed E-state index contributed by atoms with van der Waals surface area (Å²) < 4.78 is 42.0. The zero-order valence-electron chi connectivity index (χ0n) is 13.0. The molecular formula is C16H21F3N2O2. The Morgan fingerprint density at radius 1 is 1.30 bits per heavy atom. The number of esters is 1. The molecule has 1 fully saturated rings. The largest absolute Gasteiger partial charge is 0.468 e. The Kier molecular flexibility index (Phi) is 6.01. The number of likely N-dealkylation sites (tertiary alicyclic amines) is 1. The number of methoxy groups -OCH3 is 1. The second-order valence-electron chi connectivity index (χ2n) is 5.70. The summed E-state index contributed by atoms with van der Waals surface area (Å²) >= 11 is 0. The molecule has 1 saturated heterocycles. The molecule has 4 nitrogen and oxygen atoms in total. The molecule has 23 heavy (non-hydrogen) atoms. The summed E-state index contributed by atoms with van der Waals surface area (Å²) in [6.07, 6.45) is -3.04. The summed E-state index contributed by atoms with van der Waals surface area (Å²) in [5.74, 6) is -0.395. The fraction of sp³-hybridized carbons (Fsp3) is 0.562. The van der Waals surface area contributed by atoms with Gasteiger partial charge in [0, 0.05) is 6.04 Å². The van der Waals surface area contributed by atoms with Crippen LogP contribution in [0.2, 0.25) is 0 Å². The molecule has 2 rings (SSSR count). The summed E-state index contributed by atoms with van der Waals surface area (Å²) in [5.41, 5.74) is 0.789. The van der Waals surface area contributed by atoms with Crippen LogP contribution in [0.1, 0.15) is 24.4 Å². The third kappa shape index (κ3) is 5.51. The monoisotopic (exact) mass is 330 g/mol. The molecule has 128 valence electrons. The molecular weight excluding hydrogens is 309 g/mol. The number of benzene rings is 1. The van der Waals surface area contributed by atoms with Gasteiger partial charge >= 0.3 is 12.1 Å². The van der Waals surface area contributed by atoms with Gasteiger partial charge in [0.05, 0.1) is 13.7 Å². The van der Waals surface area contributed by atoms with Crippen LogP contribution in [0, 0.1) is 0 Å². The summed E-state index contributed by atoms with van der Waals surface area (Å²) in [6, 6.07) is 8.57. The first-order valence-electron chi connectivity index (χ1n) is 7.57. The number of halogens is 3. The second kappa shape index (κ2) is 7.79. The molecule has 0 amide bonds. The van der Waals surface area contributed by atoms with Gasteiger partial charge < -0.3 is 4.74 Å². The molecule has 0 aromatic heterocycles. The van der Waals surface area contributed by atoms with E-state index in [1.165, 1.54) is 12.0 Å². The fourth-order valence-corrected chi connectivity index (χ4v) is 2.81. The van der Waals surface area contributed by atoms with Crippen molar-refractivity contribution in [2.24, 2.45) is 0 Å². The lowest BCUT2D eigenvalue weighted by molar-refractivity contribution is -0.148. The molecule has 1 aromatic carbocycles. The summed E-state index contributed by atoms with van der Waals surface area (Å²) in [6.45, 7) is -0.154. The topological polar surface area (TPSA) is 41.6 Å². The van der Waals surface area contributed by atoms with E-state index in [4.69, 9.17) is 4.74 Å². The van der Waals surface area contributed by atoms with Crippen LogP contribution in [0.5, 0.6) is 0 Å². The van der Waals surface area contributed by atoms with Crippen molar-refractivity contribution in [2.75, 3.05) is 26.7 Å². The van der Waals surface area contributed by atoms with Crippen molar-refractivity contribution < 1.29 is 22.7 Å². The molecule has 7 heteroatoms. The first kappa shape index (κ1) is 17.7. The number of nitrogens with zero attached hydrogens (tertiary/aromatic N) is 1. The van der Waals surface area contributed by atoms with E-state index in [0.29, 0.717) is 25.9 Å². The van der Waals surface area contributed by atoms with Gasteiger partial charge in [-0.05, 0) is 31.5 Å². The predicted octanol–water partition coefficient (Wildman–Crippen LogP) is 2.52. The van der Waals surface area contributed by atoms with Gasteiger partial charge in [0.2, 0.25) is 0 Å². The van der Waals surface area contributed by atoms with Crippen LogP contribution in [-0.4, -0.2) is 49.8 Å². The minimum absolute atomic E-state index is 0.0104. The fourth-order valence-electron chi connectivity index (χ4n) is 2.81. The first-order chi connectivity index (χ1) is 10.9. The molecule has 1 aliphatic heterocycles. The average molecular weight is 330 g/mol. The van der Waals surface area contributed by atoms with Gasteiger partial charge in [0.1, 0.15) is 6.04 Å². The summed E-state index contributed by atoms with van der Waals surface area (Å²) in [7, 11) is 1.33. The van der Waals surface area contributed by atoms with E-state index >= 15 is 0 Å². The minimum atomic E-state index is -4.17. The molecule has 1 aliphatic rings.